The molecule has 126 valence electrons. The van der Waals surface area contributed by atoms with E-state index in [1.807, 2.05) is 6.92 Å². The molecule has 1 aromatic carbocycles. The summed E-state index contributed by atoms with van der Waals surface area (Å²) in [6.45, 7) is 4.69. The van der Waals surface area contributed by atoms with Crippen LogP contribution in [-0.2, 0) is 16.7 Å². The Labute approximate surface area is 146 Å². The van der Waals surface area contributed by atoms with Gasteiger partial charge in [0.15, 0.2) is 6.54 Å². The Morgan fingerprint density at radius 1 is 1.43 bits per heavy atom. The van der Waals surface area contributed by atoms with Crippen molar-refractivity contribution in [3.8, 4) is 0 Å². The third-order valence-electron chi connectivity index (χ3n) is 3.56. The van der Waals surface area contributed by atoms with E-state index in [1.54, 1.807) is 23.1 Å². The number of hydrogen-bond acceptors (Lipinski definition) is 5. The van der Waals surface area contributed by atoms with Crippen molar-refractivity contribution in [2.75, 3.05) is 12.0 Å². The quantitative estimate of drug-likeness (QED) is 0.552. The Bertz CT molecular complexity index is 816. The zero-order chi connectivity index (χ0) is 17.0. The smallest absolute Gasteiger partial charge is 0.263 e. The molecule has 0 spiro atoms. The van der Waals surface area contributed by atoms with Gasteiger partial charge in [-0.25, -0.2) is 8.42 Å². The molecule has 7 heteroatoms. The number of aryl methyl sites for hydroxylation is 2. The summed E-state index contributed by atoms with van der Waals surface area (Å²) in [5.74, 6) is -0.324. The molecule has 0 saturated heterocycles. The number of aromatic nitrogens is 1. The van der Waals surface area contributed by atoms with Gasteiger partial charge in [0.2, 0.25) is 5.52 Å². The fraction of sp³-hybridized carbons (Fsp3) is 0.438. The van der Waals surface area contributed by atoms with Gasteiger partial charge in [0.1, 0.15) is 4.70 Å². The molecule has 2 rings (SSSR count). The molecule has 23 heavy (non-hydrogen) atoms. The van der Waals surface area contributed by atoms with Crippen molar-refractivity contribution in [3.63, 3.8) is 0 Å². The van der Waals surface area contributed by atoms with E-state index in [2.05, 4.69) is 42.0 Å². The topological polar surface area (TPSA) is 61.1 Å². The monoisotopic (exact) mass is 371 g/mol. The summed E-state index contributed by atoms with van der Waals surface area (Å²) in [6.07, 6.45) is 5.51. The summed E-state index contributed by atoms with van der Waals surface area (Å²) in [4.78, 5) is 1.28. The van der Waals surface area contributed by atoms with Gasteiger partial charge < -0.3 is 4.55 Å². The number of thioether (sulfide) groups is 1. The van der Waals surface area contributed by atoms with Crippen molar-refractivity contribution in [2.24, 2.45) is 0 Å². The molecule has 0 saturated carbocycles. The van der Waals surface area contributed by atoms with Crippen molar-refractivity contribution < 1.29 is 17.5 Å². The second-order valence-corrected chi connectivity index (χ2v) is 8.87. The average molecular weight is 372 g/mol. The number of rotatable bonds is 7. The van der Waals surface area contributed by atoms with E-state index < -0.39 is 10.1 Å². The molecule has 0 aliphatic carbocycles. The van der Waals surface area contributed by atoms with Crippen molar-refractivity contribution >= 4 is 49.5 Å². The molecule has 0 aliphatic rings. The minimum atomic E-state index is -4.16. The molecule has 0 atom stereocenters. The molecule has 0 fully saturated rings. The second-order valence-electron chi connectivity index (χ2n) is 5.35. The normalized spacial score (nSPS) is 13.0. The van der Waals surface area contributed by atoms with Gasteiger partial charge in [-0.1, -0.05) is 24.3 Å². The third kappa shape index (κ3) is 5.04. The number of thiazole rings is 1. The van der Waals surface area contributed by atoms with E-state index in [9.17, 15) is 13.0 Å². The van der Waals surface area contributed by atoms with Gasteiger partial charge in [-0.15, -0.1) is 11.8 Å². The van der Waals surface area contributed by atoms with Crippen LogP contribution < -0.4 is 4.57 Å². The zero-order valence-electron chi connectivity index (χ0n) is 13.5. The fourth-order valence-corrected chi connectivity index (χ4v) is 4.60. The number of fused-ring (bicyclic) bond motifs is 1. The van der Waals surface area contributed by atoms with Crippen LogP contribution in [0.25, 0.3) is 16.3 Å². The molecule has 0 aliphatic heterocycles. The SMILES string of the molecule is CC/C(=C/c1sc2ccc(C)cc2[n+]1CCCS(=O)(=O)[O-])SC. The predicted octanol–water partition coefficient (Wildman–Crippen LogP) is 3.55. The Hall–Kier alpha value is -0.890. The van der Waals surface area contributed by atoms with Crippen LogP contribution in [0.2, 0.25) is 0 Å². The number of hydrogen-bond donors (Lipinski definition) is 0. The van der Waals surface area contributed by atoms with Gasteiger partial charge in [-0.3, -0.25) is 0 Å². The minimum Gasteiger partial charge on any atom is -0.748 e. The highest BCUT2D eigenvalue weighted by atomic mass is 32.2. The molecule has 0 amide bonds. The summed E-state index contributed by atoms with van der Waals surface area (Å²) >= 11 is 3.42. The number of nitrogens with zero attached hydrogens (tertiary/aromatic N) is 1. The van der Waals surface area contributed by atoms with Crippen LogP contribution in [-0.4, -0.2) is 25.0 Å². The van der Waals surface area contributed by atoms with Crippen LogP contribution in [0, 0.1) is 6.92 Å². The summed E-state index contributed by atoms with van der Waals surface area (Å²) in [5, 5.41) is 1.10. The first kappa shape index (κ1) is 18.4. The Kier molecular flexibility index (Phi) is 6.25. The van der Waals surface area contributed by atoms with Gasteiger partial charge in [-0.2, -0.15) is 4.57 Å². The van der Waals surface area contributed by atoms with Crippen LogP contribution >= 0.6 is 23.1 Å². The van der Waals surface area contributed by atoms with Gasteiger partial charge in [-0.05, 0) is 36.1 Å². The summed E-state index contributed by atoms with van der Waals surface area (Å²) in [6, 6.07) is 6.28. The van der Waals surface area contributed by atoms with Crippen LogP contribution in [0.3, 0.4) is 0 Å². The second kappa shape index (κ2) is 7.79. The van der Waals surface area contributed by atoms with Crippen molar-refractivity contribution in [1.82, 2.24) is 0 Å². The largest absolute Gasteiger partial charge is 0.748 e. The Morgan fingerprint density at radius 2 is 2.17 bits per heavy atom. The predicted molar refractivity (Wildman–Crippen MR) is 97.7 cm³/mol. The lowest BCUT2D eigenvalue weighted by Gasteiger charge is -2.04. The average Bonchev–Trinajstić information content (AvgIpc) is 2.81. The van der Waals surface area contributed by atoms with E-state index in [4.69, 9.17) is 0 Å². The molecular formula is C16H21NO3S3. The van der Waals surface area contributed by atoms with E-state index in [0.717, 1.165) is 22.5 Å². The standard InChI is InChI=1S/C16H21NO3S3/c1-4-13(21-3)11-16-17(8-5-9-23(18,19)20)14-10-12(2)6-7-15(14)22-16/h6-7,10-11H,4-5,8-9H2,1-3H3/b13-11-. The van der Waals surface area contributed by atoms with Crippen LogP contribution in [0.1, 0.15) is 30.3 Å². The van der Waals surface area contributed by atoms with E-state index in [0.29, 0.717) is 13.0 Å². The lowest BCUT2D eigenvalue weighted by atomic mass is 10.2. The number of allylic oxidation sites excluding steroid dienone is 1. The summed E-state index contributed by atoms with van der Waals surface area (Å²) in [7, 11) is -4.16. The highest BCUT2D eigenvalue weighted by Gasteiger charge is 2.19. The fourth-order valence-electron chi connectivity index (χ4n) is 2.39. The number of benzene rings is 1. The van der Waals surface area contributed by atoms with Gasteiger partial charge in [0.05, 0.1) is 10.1 Å². The lowest BCUT2D eigenvalue weighted by Crippen LogP contribution is -2.36. The molecule has 1 heterocycles. The summed E-state index contributed by atoms with van der Waals surface area (Å²) < 4.78 is 35.9. The third-order valence-corrected chi connectivity index (χ3v) is 6.39. The van der Waals surface area contributed by atoms with E-state index >= 15 is 0 Å². The molecule has 1 aromatic heterocycles. The molecule has 4 nitrogen and oxygen atoms in total. The van der Waals surface area contributed by atoms with Crippen molar-refractivity contribution in [1.29, 1.82) is 0 Å². The van der Waals surface area contributed by atoms with E-state index in [-0.39, 0.29) is 5.75 Å². The first-order chi connectivity index (χ1) is 10.8. The minimum absolute atomic E-state index is 0.324. The molecule has 2 aromatic rings. The first-order valence-electron chi connectivity index (χ1n) is 7.45. The maximum atomic E-state index is 10.9. The maximum absolute atomic E-state index is 10.9. The highest BCUT2D eigenvalue weighted by molar-refractivity contribution is 8.02. The van der Waals surface area contributed by atoms with Crippen LogP contribution in [0.5, 0.6) is 0 Å². The van der Waals surface area contributed by atoms with E-state index in [1.165, 1.54) is 9.61 Å². The van der Waals surface area contributed by atoms with Crippen LogP contribution in [0.15, 0.2) is 23.1 Å². The molecule has 0 bridgehead atoms. The van der Waals surface area contributed by atoms with Crippen molar-refractivity contribution in [3.05, 3.63) is 33.7 Å². The van der Waals surface area contributed by atoms with Gasteiger partial charge in [0.25, 0.3) is 5.01 Å². The summed E-state index contributed by atoms with van der Waals surface area (Å²) in [5.41, 5.74) is 2.26. The molecule has 0 N–H and O–H groups in total. The Morgan fingerprint density at radius 3 is 2.78 bits per heavy atom. The van der Waals surface area contributed by atoms with Crippen LogP contribution in [0.4, 0.5) is 0 Å². The molecular weight excluding hydrogens is 350 g/mol. The molecule has 0 radical (unpaired) electrons. The molecule has 0 unspecified atom stereocenters. The Balaban J connectivity index is 2.44. The van der Waals surface area contributed by atoms with Gasteiger partial charge >= 0.3 is 0 Å². The zero-order valence-corrected chi connectivity index (χ0v) is 16.0. The van der Waals surface area contributed by atoms with Crippen molar-refractivity contribution in [2.45, 2.75) is 33.2 Å². The maximum Gasteiger partial charge on any atom is 0.263 e. The van der Waals surface area contributed by atoms with Gasteiger partial charge in [0, 0.05) is 24.3 Å². The lowest BCUT2D eigenvalue weighted by molar-refractivity contribution is -0.668. The highest BCUT2D eigenvalue weighted by Crippen LogP contribution is 2.26. The first-order valence-corrected chi connectivity index (χ1v) is 11.1.